The van der Waals surface area contributed by atoms with E-state index in [4.69, 9.17) is 0 Å². The lowest BCUT2D eigenvalue weighted by molar-refractivity contribution is -0.114. The van der Waals surface area contributed by atoms with Crippen LogP contribution in [0.1, 0.15) is 12.5 Å². The van der Waals surface area contributed by atoms with Crippen molar-refractivity contribution >= 4 is 35.1 Å². The number of anilines is 1. The van der Waals surface area contributed by atoms with Crippen LogP contribution in [0.5, 0.6) is 0 Å². The van der Waals surface area contributed by atoms with Crippen molar-refractivity contribution < 1.29 is 26.7 Å². The molecule has 1 amide bonds. The Hall–Kier alpha value is -2.68. The summed E-state index contributed by atoms with van der Waals surface area (Å²) in [4.78, 5) is 13.5. The number of carbonyl (C=O) groups excluding carboxylic acids is 1. The standard InChI is InChI=1S/C18H11F5N2OS/c1-8-11(7-9-3-5-10(27-2)6-4-9)18(26)25(24-8)17-15(22)13(20)12(19)14(21)16(17)23/h3-7H,1-2H3/b11-7+. The number of rotatable bonds is 3. The van der Waals surface area contributed by atoms with E-state index in [2.05, 4.69) is 5.10 Å². The van der Waals surface area contributed by atoms with Crippen molar-refractivity contribution in [3.8, 4) is 0 Å². The molecule has 0 atom stereocenters. The molecule has 1 aliphatic heterocycles. The Bertz CT molecular complexity index is 973. The number of benzene rings is 2. The van der Waals surface area contributed by atoms with Gasteiger partial charge in [-0.1, -0.05) is 12.1 Å². The molecule has 0 unspecified atom stereocenters. The Labute approximate surface area is 155 Å². The van der Waals surface area contributed by atoms with Gasteiger partial charge in [0.15, 0.2) is 23.3 Å². The highest BCUT2D eigenvalue weighted by Gasteiger charge is 2.36. The highest BCUT2D eigenvalue weighted by molar-refractivity contribution is 7.98. The first-order chi connectivity index (χ1) is 12.8. The minimum Gasteiger partial charge on any atom is -0.267 e. The van der Waals surface area contributed by atoms with Crippen molar-refractivity contribution in [1.82, 2.24) is 0 Å². The van der Waals surface area contributed by atoms with Gasteiger partial charge in [-0.3, -0.25) is 4.79 Å². The summed E-state index contributed by atoms with van der Waals surface area (Å²) < 4.78 is 68.0. The third kappa shape index (κ3) is 3.23. The lowest BCUT2D eigenvalue weighted by Crippen LogP contribution is -2.25. The molecule has 0 aromatic heterocycles. The maximum Gasteiger partial charge on any atom is 0.280 e. The Morgan fingerprint density at radius 2 is 1.44 bits per heavy atom. The van der Waals surface area contributed by atoms with Crippen LogP contribution >= 0.6 is 11.8 Å². The summed E-state index contributed by atoms with van der Waals surface area (Å²) in [6.07, 6.45) is 3.32. The molecular formula is C18H11F5N2OS. The summed E-state index contributed by atoms with van der Waals surface area (Å²) in [5, 5.41) is 3.87. The molecule has 1 heterocycles. The maximum atomic E-state index is 14.0. The zero-order chi connectivity index (χ0) is 19.9. The van der Waals surface area contributed by atoms with E-state index >= 15 is 0 Å². The normalized spacial score (nSPS) is 15.7. The van der Waals surface area contributed by atoms with Crippen LogP contribution in [0.2, 0.25) is 0 Å². The fraction of sp³-hybridized carbons (Fsp3) is 0.111. The van der Waals surface area contributed by atoms with Gasteiger partial charge in [-0.25, -0.2) is 22.0 Å². The highest BCUT2D eigenvalue weighted by Crippen LogP contribution is 2.34. The Kier molecular flexibility index (Phi) is 5.05. The van der Waals surface area contributed by atoms with E-state index in [9.17, 15) is 26.7 Å². The van der Waals surface area contributed by atoms with Gasteiger partial charge < -0.3 is 0 Å². The van der Waals surface area contributed by atoms with Crippen LogP contribution in [-0.2, 0) is 4.79 Å². The molecule has 0 bridgehead atoms. The zero-order valence-corrected chi connectivity index (χ0v) is 14.8. The SMILES string of the molecule is CSc1ccc(/C=C2/C(=O)N(c3c(F)c(F)c(F)c(F)c3F)N=C2C)cc1. The minimum absolute atomic E-state index is 0.0177. The smallest absolute Gasteiger partial charge is 0.267 e. The van der Waals surface area contributed by atoms with Gasteiger partial charge in [0, 0.05) is 4.90 Å². The molecule has 0 aliphatic carbocycles. The topological polar surface area (TPSA) is 32.7 Å². The molecule has 27 heavy (non-hydrogen) atoms. The van der Waals surface area contributed by atoms with Gasteiger partial charge in [-0.05, 0) is 37.0 Å². The predicted molar refractivity (Wildman–Crippen MR) is 93.0 cm³/mol. The first kappa shape index (κ1) is 19.1. The van der Waals surface area contributed by atoms with Crippen LogP contribution in [0.3, 0.4) is 0 Å². The summed E-state index contributed by atoms with van der Waals surface area (Å²) in [6, 6.07) is 7.07. The Morgan fingerprint density at radius 1 is 0.926 bits per heavy atom. The molecule has 0 radical (unpaired) electrons. The second kappa shape index (κ2) is 7.15. The number of carbonyl (C=O) groups is 1. The van der Waals surface area contributed by atoms with E-state index < -0.39 is 40.7 Å². The Balaban J connectivity index is 2.05. The maximum absolute atomic E-state index is 14.0. The molecule has 1 aliphatic rings. The van der Waals surface area contributed by atoms with Gasteiger partial charge in [-0.15, -0.1) is 11.8 Å². The van der Waals surface area contributed by atoms with E-state index in [-0.39, 0.29) is 16.3 Å². The van der Waals surface area contributed by atoms with Crippen LogP contribution in [0.25, 0.3) is 6.08 Å². The highest BCUT2D eigenvalue weighted by atomic mass is 32.2. The van der Waals surface area contributed by atoms with Crippen molar-refractivity contribution in [3.63, 3.8) is 0 Å². The molecule has 0 saturated heterocycles. The average molecular weight is 398 g/mol. The fourth-order valence-electron chi connectivity index (χ4n) is 2.48. The summed E-state index contributed by atoms with van der Waals surface area (Å²) in [6.45, 7) is 1.39. The number of halogens is 5. The number of hydrazone groups is 1. The summed E-state index contributed by atoms with van der Waals surface area (Å²) in [7, 11) is 0. The predicted octanol–water partition coefficient (Wildman–Crippen LogP) is 4.91. The van der Waals surface area contributed by atoms with Crippen LogP contribution < -0.4 is 5.01 Å². The molecule has 9 heteroatoms. The molecule has 0 saturated carbocycles. The fourth-order valence-corrected chi connectivity index (χ4v) is 2.89. The summed E-state index contributed by atoms with van der Waals surface area (Å²) in [5.74, 6) is -11.8. The molecule has 2 aromatic carbocycles. The van der Waals surface area contributed by atoms with E-state index in [1.165, 1.54) is 24.8 Å². The van der Waals surface area contributed by atoms with Gasteiger partial charge in [0.05, 0.1) is 11.3 Å². The molecule has 2 aromatic rings. The Morgan fingerprint density at radius 3 is 1.96 bits per heavy atom. The molecule has 3 nitrogen and oxygen atoms in total. The molecule has 0 N–H and O–H groups in total. The van der Waals surface area contributed by atoms with Gasteiger partial charge >= 0.3 is 0 Å². The van der Waals surface area contributed by atoms with Crippen LogP contribution in [-0.4, -0.2) is 17.9 Å². The molecule has 140 valence electrons. The number of amides is 1. The third-order valence-corrected chi connectivity index (χ3v) is 4.63. The van der Waals surface area contributed by atoms with Crippen LogP contribution in [0.15, 0.2) is 39.8 Å². The monoisotopic (exact) mass is 398 g/mol. The van der Waals surface area contributed by atoms with E-state index in [0.717, 1.165) is 4.90 Å². The number of nitrogens with zero attached hydrogens (tertiary/aromatic N) is 2. The van der Waals surface area contributed by atoms with Gasteiger partial charge in [0.2, 0.25) is 5.82 Å². The minimum atomic E-state index is -2.30. The quantitative estimate of drug-likeness (QED) is 0.242. The van der Waals surface area contributed by atoms with Crippen molar-refractivity contribution in [2.75, 3.05) is 11.3 Å². The van der Waals surface area contributed by atoms with Crippen molar-refractivity contribution in [3.05, 3.63) is 64.5 Å². The second-order valence-corrected chi connectivity index (χ2v) is 6.43. The molecule has 0 fully saturated rings. The van der Waals surface area contributed by atoms with E-state index in [1.807, 2.05) is 18.4 Å². The molecule has 0 spiro atoms. The van der Waals surface area contributed by atoms with Crippen molar-refractivity contribution in [1.29, 1.82) is 0 Å². The van der Waals surface area contributed by atoms with Gasteiger partial charge in [-0.2, -0.15) is 10.1 Å². The van der Waals surface area contributed by atoms with Gasteiger partial charge in [0.25, 0.3) is 5.91 Å². The van der Waals surface area contributed by atoms with Crippen molar-refractivity contribution in [2.45, 2.75) is 11.8 Å². The van der Waals surface area contributed by atoms with E-state index in [0.29, 0.717) is 5.56 Å². The van der Waals surface area contributed by atoms with Crippen LogP contribution in [0.4, 0.5) is 27.6 Å². The lowest BCUT2D eigenvalue weighted by Gasteiger charge is -2.15. The first-order valence-corrected chi connectivity index (χ1v) is 8.76. The number of hydrogen-bond acceptors (Lipinski definition) is 3. The first-order valence-electron chi connectivity index (χ1n) is 7.53. The lowest BCUT2D eigenvalue weighted by atomic mass is 10.1. The summed E-state index contributed by atoms with van der Waals surface area (Å²) in [5.41, 5.74) is -0.726. The van der Waals surface area contributed by atoms with Crippen molar-refractivity contribution in [2.24, 2.45) is 5.10 Å². The summed E-state index contributed by atoms with van der Waals surface area (Å²) >= 11 is 1.52. The average Bonchev–Trinajstić information content (AvgIpc) is 2.93. The molecule has 3 rings (SSSR count). The van der Waals surface area contributed by atoms with Gasteiger partial charge in [0.1, 0.15) is 5.69 Å². The second-order valence-electron chi connectivity index (χ2n) is 5.55. The number of thioether (sulfide) groups is 1. The largest absolute Gasteiger partial charge is 0.280 e. The number of hydrogen-bond donors (Lipinski definition) is 0. The zero-order valence-electron chi connectivity index (χ0n) is 14.0. The van der Waals surface area contributed by atoms with E-state index in [1.54, 1.807) is 12.1 Å². The third-order valence-electron chi connectivity index (χ3n) is 3.89. The molecular weight excluding hydrogens is 387 g/mol. The van der Waals surface area contributed by atoms with Crippen LogP contribution in [0, 0.1) is 29.1 Å².